The SMILES string of the molecule is O=C(Nc1cccc(CNCc2ccccc2F)c1)c1ccccc1Cl. The van der Waals surface area contributed by atoms with E-state index in [1.54, 1.807) is 36.4 Å². The van der Waals surface area contributed by atoms with Crippen LogP contribution in [-0.2, 0) is 13.1 Å². The molecule has 0 saturated heterocycles. The van der Waals surface area contributed by atoms with Crippen LogP contribution in [0.25, 0.3) is 0 Å². The molecule has 5 heteroatoms. The molecule has 3 rings (SSSR count). The predicted molar refractivity (Wildman–Crippen MR) is 103 cm³/mol. The number of rotatable bonds is 6. The zero-order valence-electron chi connectivity index (χ0n) is 14.0. The van der Waals surface area contributed by atoms with Gasteiger partial charge in [0.25, 0.3) is 5.91 Å². The summed E-state index contributed by atoms with van der Waals surface area (Å²) in [6, 6.07) is 21.1. The van der Waals surface area contributed by atoms with Gasteiger partial charge in [-0.05, 0) is 35.9 Å². The van der Waals surface area contributed by atoms with E-state index in [1.807, 2.05) is 30.3 Å². The Hall–Kier alpha value is -2.69. The molecule has 0 unspecified atom stereocenters. The number of hydrogen-bond donors (Lipinski definition) is 2. The van der Waals surface area contributed by atoms with Crippen LogP contribution in [0.15, 0.2) is 72.8 Å². The van der Waals surface area contributed by atoms with Crippen molar-refractivity contribution in [3.8, 4) is 0 Å². The van der Waals surface area contributed by atoms with E-state index in [9.17, 15) is 9.18 Å². The molecule has 0 radical (unpaired) electrons. The first-order chi connectivity index (χ1) is 12.6. The smallest absolute Gasteiger partial charge is 0.257 e. The fraction of sp³-hybridized carbons (Fsp3) is 0.0952. The van der Waals surface area contributed by atoms with Crippen LogP contribution in [-0.4, -0.2) is 5.91 Å². The van der Waals surface area contributed by atoms with Crippen LogP contribution in [0.5, 0.6) is 0 Å². The first-order valence-corrected chi connectivity index (χ1v) is 8.60. The van der Waals surface area contributed by atoms with E-state index >= 15 is 0 Å². The van der Waals surface area contributed by atoms with Crippen LogP contribution < -0.4 is 10.6 Å². The number of carbonyl (C=O) groups excluding carboxylic acids is 1. The maximum absolute atomic E-state index is 13.6. The van der Waals surface area contributed by atoms with E-state index in [4.69, 9.17) is 11.6 Å². The standard InChI is InChI=1S/C21H18ClFN2O/c22-19-10-3-2-9-18(19)21(26)25-17-8-5-6-15(12-17)13-24-14-16-7-1-4-11-20(16)23/h1-12,24H,13-14H2,(H,25,26). The Balaban J connectivity index is 1.60. The number of hydrogen-bond acceptors (Lipinski definition) is 2. The van der Waals surface area contributed by atoms with Gasteiger partial charge in [0, 0.05) is 24.3 Å². The number of anilines is 1. The normalized spacial score (nSPS) is 10.5. The Morgan fingerprint density at radius 2 is 1.69 bits per heavy atom. The van der Waals surface area contributed by atoms with E-state index < -0.39 is 0 Å². The van der Waals surface area contributed by atoms with Gasteiger partial charge in [-0.15, -0.1) is 0 Å². The quantitative estimate of drug-likeness (QED) is 0.641. The Morgan fingerprint density at radius 1 is 0.923 bits per heavy atom. The average molecular weight is 369 g/mol. The molecule has 0 bridgehead atoms. The molecule has 0 aliphatic rings. The van der Waals surface area contributed by atoms with Gasteiger partial charge in [-0.3, -0.25) is 4.79 Å². The largest absolute Gasteiger partial charge is 0.322 e. The van der Waals surface area contributed by atoms with Crippen molar-refractivity contribution in [1.82, 2.24) is 5.32 Å². The summed E-state index contributed by atoms with van der Waals surface area (Å²) in [5.74, 6) is -0.479. The van der Waals surface area contributed by atoms with Gasteiger partial charge in [0.15, 0.2) is 0 Å². The zero-order chi connectivity index (χ0) is 18.4. The summed E-state index contributed by atoms with van der Waals surface area (Å²) in [5, 5.41) is 6.46. The Kier molecular flexibility index (Phi) is 6.00. The molecule has 0 heterocycles. The first-order valence-electron chi connectivity index (χ1n) is 8.22. The summed E-state index contributed by atoms with van der Waals surface area (Å²) < 4.78 is 13.6. The molecular formula is C21H18ClFN2O. The van der Waals surface area contributed by atoms with Crippen LogP contribution in [0.4, 0.5) is 10.1 Å². The lowest BCUT2D eigenvalue weighted by molar-refractivity contribution is 0.102. The molecule has 3 aromatic rings. The van der Waals surface area contributed by atoms with Crippen molar-refractivity contribution >= 4 is 23.2 Å². The first kappa shape index (κ1) is 18.1. The lowest BCUT2D eigenvalue weighted by Crippen LogP contribution is -2.15. The molecule has 0 aliphatic carbocycles. The monoisotopic (exact) mass is 368 g/mol. The molecule has 0 saturated carbocycles. The minimum absolute atomic E-state index is 0.222. The number of nitrogens with one attached hydrogen (secondary N) is 2. The van der Waals surface area contributed by atoms with Crippen molar-refractivity contribution in [3.05, 3.63) is 100 Å². The molecule has 0 atom stereocenters. The molecule has 1 amide bonds. The van der Waals surface area contributed by atoms with Crippen LogP contribution in [0, 0.1) is 5.82 Å². The highest BCUT2D eigenvalue weighted by Crippen LogP contribution is 2.18. The fourth-order valence-corrected chi connectivity index (χ4v) is 2.81. The third kappa shape index (κ3) is 4.69. The summed E-state index contributed by atoms with van der Waals surface area (Å²) >= 11 is 6.05. The van der Waals surface area contributed by atoms with Gasteiger partial charge in [-0.2, -0.15) is 0 Å². The Labute approximate surface area is 156 Å². The second-order valence-electron chi connectivity index (χ2n) is 5.83. The fourth-order valence-electron chi connectivity index (χ4n) is 2.59. The van der Waals surface area contributed by atoms with Crippen molar-refractivity contribution in [1.29, 1.82) is 0 Å². The van der Waals surface area contributed by atoms with Gasteiger partial charge in [0.2, 0.25) is 0 Å². The Morgan fingerprint density at radius 3 is 2.50 bits per heavy atom. The lowest BCUT2D eigenvalue weighted by atomic mass is 10.1. The summed E-state index contributed by atoms with van der Waals surface area (Å²) in [7, 11) is 0. The van der Waals surface area contributed by atoms with E-state index in [1.165, 1.54) is 6.07 Å². The number of halogens is 2. The van der Waals surface area contributed by atoms with Crippen LogP contribution in [0.3, 0.4) is 0 Å². The predicted octanol–water partition coefficient (Wildman–Crippen LogP) is 5.02. The molecule has 3 aromatic carbocycles. The highest BCUT2D eigenvalue weighted by molar-refractivity contribution is 6.34. The summed E-state index contributed by atoms with van der Waals surface area (Å²) in [6.45, 7) is 0.993. The minimum Gasteiger partial charge on any atom is -0.322 e. The Bertz CT molecular complexity index is 914. The third-order valence-electron chi connectivity index (χ3n) is 3.91. The summed E-state index contributed by atoms with van der Waals surface area (Å²) in [4.78, 5) is 12.3. The van der Waals surface area contributed by atoms with E-state index in [0.717, 1.165) is 5.56 Å². The van der Waals surface area contributed by atoms with Crippen molar-refractivity contribution in [3.63, 3.8) is 0 Å². The molecule has 132 valence electrons. The highest BCUT2D eigenvalue weighted by atomic mass is 35.5. The zero-order valence-corrected chi connectivity index (χ0v) is 14.8. The van der Waals surface area contributed by atoms with Crippen LogP contribution >= 0.6 is 11.6 Å². The molecule has 2 N–H and O–H groups in total. The second kappa shape index (κ2) is 8.61. The molecule has 0 aromatic heterocycles. The maximum atomic E-state index is 13.6. The second-order valence-corrected chi connectivity index (χ2v) is 6.24. The van der Waals surface area contributed by atoms with Crippen molar-refractivity contribution in [2.45, 2.75) is 13.1 Å². The van der Waals surface area contributed by atoms with E-state index in [0.29, 0.717) is 34.9 Å². The lowest BCUT2D eigenvalue weighted by Gasteiger charge is -2.10. The molecule has 0 fully saturated rings. The average Bonchev–Trinajstić information content (AvgIpc) is 2.64. The van der Waals surface area contributed by atoms with Gasteiger partial charge in [0.05, 0.1) is 10.6 Å². The van der Waals surface area contributed by atoms with Crippen LogP contribution in [0.1, 0.15) is 21.5 Å². The van der Waals surface area contributed by atoms with E-state index in [2.05, 4.69) is 10.6 Å². The maximum Gasteiger partial charge on any atom is 0.257 e. The summed E-state index contributed by atoms with van der Waals surface area (Å²) in [5.41, 5.74) is 2.71. The summed E-state index contributed by atoms with van der Waals surface area (Å²) in [6.07, 6.45) is 0. The molecule has 26 heavy (non-hydrogen) atoms. The number of amides is 1. The topological polar surface area (TPSA) is 41.1 Å². The van der Waals surface area contributed by atoms with Gasteiger partial charge < -0.3 is 10.6 Å². The molecule has 0 spiro atoms. The molecule has 3 nitrogen and oxygen atoms in total. The van der Waals surface area contributed by atoms with Crippen LogP contribution in [0.2, 0.25) is 5.02 Å². The van der Waals surface area contributed by atoms with Gasteiger partial charge in [-0.1, -0.05) is 54.1 Å². The highest BCUT2D eigenvalue weighted by Gasteiger charge is 2.10. The molecule has 0 aliphatic heterocycles. The number of benzene rings is 3. The van der Waals surface area contributed by atoms with Crippen molar-refractivity contribution < 1.29 is 9.18 Å². The van der Waals surface area contributed by atoms with Gasteiger partial charge >= 0.3 is 0 Å². The van der Waals surface area contributed by atoms with Crippen molar-refractivity contribution in [2.24, 2.45) is 0 Å². The molecular weight excluding hydrogens is 351 g/mol. The van der Waals surface area contributed by atoms with Gasteiger partial charge in [0.1, 0.15) is 5.82 Å². The van der Waals surface area contributed by atoms with Crippen molar-refractivity contribution in [2.75, 3.05) is 5.32 Å². The van der Waals surface area contributed by atoms with Gasteiger partial charge in [-0.25, -0.2) is 4.39 Å². The van der Waals surface area contributed by atoms with E-state index in [-0.39, 0.29) is 11.7 Å². The third-order valence-corrected chi connectivity index (χ3v) is 4.24. The number of carbonyl (C=O) groups is 1. The minimum atomic E-state index is -0.257.